The normalized spacial score (nSPS) is 18.1. The van der Waals surface area contributed by atoms with Crippen LogP contribution in [0.25, 0.3) is 0 Å². The second-order valence-electron chi connectivity index (χ2n) is 4.77. The fraction of sp³-hybridized carbons (Fsp3) is 0.455. The molecule has 1 aromatic rings. The smallest absolute Gasteiger partial charge is 0.386 e. The van der Waals surface area contributed by atoms with E-state index in [4.69, 9.17) is 0 Å². The molecule has 0 unspecified atom stereocenters. The van der Waals surface area contributed by atoms with E-state index >= 15 is 0 Å². The summed E-state index contributed by atoms with van der Waals surface area (Å²) in [6.07, 6.45) is -4.67. The molecule has 0 atom stereocenters. The number of β-amino-alcohol motifs (C(OH)–C–C–N with tert-alkyl or cyclic N) is 1. The maximum Gasteiger partial charge on any atom is 0.431 e. The first kappa shape index (κ1) is 13.6. The standard InChI is InChI=1S/C11H11F3N2O3/c1-10(19)4-16(5-10)9(18)6-2-3-7(11(12,13)14)15-8(6)17/h2-3,19H,4-5H2,1H3,(H,15,17). The summed E-state index contributed by atoms with van der Waals surface area (Å²) in [7, 11) is 0. The summed E-state index contributed by atoms with van der Waals surface area (Å²) in [5, 5.41) is 9.47. The number of carbonyl (C=O) groups excluding carboxylic acids is 1. The number of aromatic nitrogens is 1. The van der Waals surface area contributed by atoms with Gasteiger partial charge < -0.3 is 15.0 Å². The molecule has 1 saturated heterocycles. The fourth-order valence-corrected chi connectivity index (χ4v) is 1.90. The van der Waals surface area contributed by atoms with Crippen molar-refractivity contribution in [1.29, 1.82) is 0 Å². The van der Waals surface area contributed by atoms with Gasteiger partial charge >= 0.3 is 6.18 Å². The minimum Gasteiger partial charge on any atom is -0.386 e. The van der Waals surface area contributed by atoms with E-state index in [1.165, 1.54) is 11.8 Å². The molecule has 2 heterocycles. The third-order valence-corrected chi connectivity index (χ3v) is 2.80. The third-order valence-electron chi connectivity index (χ3n) is 2.80. The fourth-order valence-electron chi connectivity index (χ4n) is 1.90. The van der Waals surface area contributed by atoms with Gasteiger partial charge in [-0.2, -0.15) is 13.2 Å². The lowest BCUT2D eigenvalue weighted by Gasteiger charge is -2.44. The van der Waals surface area contributed by atoms with Crippen molar-refractivity contribution in [2.75, 3.05) is 13.1 Å². The van der Waals surface area contributed by atoms with Crippen molar-refractivity contribution in [3.8, 4) is 0 Å². The van der Waals surface area contributed by atoms with Crippen molar-refractivity contribution in [2.45, 2.75) is 18.7 Å². The Hall–Kier alpha value is -1.83. The van der Waals surface area contributed by atoms with Crippen LogP contribution in [0.1, 0.15) is 23.0 Å². The lowest BCUT2D eigenvalue weighted by atomic mass is 9.96. The highest BCUT2D eigenvalue weighted by molar-refractivity contribution is 5.94. The van der Waals surface area contributed by atoms with E-state index in [-0.39, 0.29) is 18.7 Å². The number of aliphatic hydroxyl groups is 1. The number of aromatic amines is 1. The van der Waals surface area contributed by atoms with E-state index < -0.39 is 28.9 Å². The number of pyridine rings is 1. The van der Waals surface area contributed by atoms with Crippen LogP contribution in [0.5, 0.6) is 0 Å². The zero-order valence-electron chi connectivity index (χ0n) is 9.91. The SMILES string of the molecule is CC1(O)CN(C(=O)c2ccc(C(F)(F)F)[nH]c2=O)C1. The number of halogens is 3. The molecule has 2 rings (SSSR count). The van der Waals surface area contributed by atoms with Crippen LogP contribution in [0.4, 0.5) is 13.2 Å². The van der Waals surface area contributed by atoms with Crippen LogP contribution in [-0.2, 0) is 6.18 Å². The van der Waals surface area contributed by atoms with E-state index in [1.807, 2.05) is 0 Å². The van der Waals surface area contributed by atoms with Crippen LogP contribution >= 0.6 is 0 Å². The molecule has 1 amide bonds. The molecule has 104 valence electrons. The number of likely N-dealkylation sites (tertiary alicyclic amines) is 1. The Morgan fingerprint density at radius 1 is 1.42 bits per heavy atom. The predicted molar refractivity (Wildman–Crippen MR) is 58.6 cm³/mol. The van der Waals surface area contributed by atoms with Crippen LogP contribution in [0, 0.1) is 0 Å². The molecule has 2 N–H and O–H groups in total. The van der Waals surface area contributed by atoms with Gasteiger partial charge in [0.15, 0.2) is 0 Å². The first-order valence-electron chi connectivity index (χ1n) is 5.42. The van der Waals surface area contributed by atoms with Crippen LogP contribution in [0.2, 0.25) is 0 Å². The molecule has 0 aliphatic carbocycles. The molecular formula is C11H11F3N2O3. The molecular weight excluding hydrogens is 265 g/mol. The molecule has 1 fully saturated rings. The average Bonchev–Trinajstić information content (AvgIpc) is 2.23. The monoisotopic (exact) mass is 276 g/mol. The number of hydrogen-bond acceptors (Lipinski definition) is 3. The van der Waals surface area contributed by atoms with Crippen molar-refractivity contribution in [3.63, 3.8) is 0 Å². The van der Waals surface area contributed by atoms with Gasteiger partial charge in [0, 0.05) is 0 Å². The van der Waals surface area contributed by atoms with Crippen LogP contribution in [0.15, 0.2) is 16.9 Å². The van der Waals surface area contributed by atoms with Crippen molar-refractivity contribution >= 4 is 5.91 Å². The van der Waals surface area contributed by atoms with E-state index in [0.717, 1.165) is 6.07 Å². The van der Waals surface area contributed by atoms with Gasteiger partial charge in [-0.1, -0.05) is 0 Å². The molecule has 0 aromatic carbocycles. The Labute approximate surface area is 105 Å². The first-order valence-corrected chi connectivity index (χ1v) is 5.42. The van der Waals surface area contributed by atoms with Crippen molar-refractivity contribution in [3.05, 3.63) is 33.7 Å². The summed E-state index contributed by atoms with van der Waals surface area (Å²) in [5.74, 6) is -0.693. The summed E-state index contributed by atoms with van der Waals surface area (Å²) in [6, 6.07) is 1.49. The second-order valence-corrected chi connectivity index (χ2v) is 4.77. The van der Waals surface area contributed by atoms with Crippen molar-refractivity contribution in [2.24, 2.45) is 0 Å². The molecule has 1 aliphatic rings. The van der Waals surface area contributed by atoms with Crippen LogP contribution in [0.3, 0.4) is 0 Å². The number of H-pyrrole nitrogens is 1. The van der Waals surface area contributed by atoms with Gasteiger partial charge in [0.1, 0.15) is 11.3 Å². The van der Waals surface area contributed by atoms with E-state index in [2.05, 4.69) is 0 Å². The lowest BCUT2D eigenvalue weighted by Crippen LogP contribution is -2.62. The number of carbonyl (C=O) groups is 1. The zero-order valence-corrected chi connectivity index (χ0v) is 9.91. The predicted octanol–water partition coefficient (Wildman–Crippen LogP) is 0.601. The van der Waals surface area contributed by atoms with Gasteiger partial charge in [-0.15, -0.1) is 0 Å². The zero-order chi connectivity index (χ0) is 14.4. The highest BCUT2D eigenvalue weighted by Gasteiger charge is 2.40. The molecule has 0 saturated carbocycles. The highest BCUT2D eigenvalue weighted by Crippen LogP contribution is 2.27. The minimum absolute atomic E-state index is 0.0479. The Morgan fingerprint density at radius 2 is 2.00 bits per heavy atom. The van der Waals surface area contributed by atoms with Gasteiger partial charge in [0.05, 0.1) is 18.7 Å². The highest BCUT2D eigenvalue weighted by atomic mass is 19.4. The number of nitrogens with one attached hydrogen (secondary N) is 1. The molecule has 1 aliphatic heterocycles. The Balaban J connectivity index is 2.23. The van der Waals surface area contributed by atoms with Crippen LogP contribution in [-0.4, -0.2) is 39.6 Å². The summed E-state index contributed by atoms with van der Waals surface area (Å²) >= 11 is 0. The number of nitrogens with zero attached hydrogens (tertiary/aromatic N) is 1. The third kappa shape index (κ3) is 2.62. The molecule has 8 heteroatoms. The number of amides is 1. The van der Waals surface area contributed by atoms with Crippen molar-refractivity contribution < 1.29 is 23.1 Å². The maximum absolute atomic E-state index is 12.3. The topological polar surface area (TPSA) is 73.4 Å². The molecule has 5 nitrogen and oxygen atoms in total. The molecule has 0 bridgehead atoms. The van der Waals surface area contributed by atoms with E-state index in [1.54, 1.807) is 4.98 Å². The minimum atomic E-state index is -4.67. The van der Waals surface area contributed by atoms with Gasteiger partial charge in [0.25, 0.3) is 11.5 Å². The van der Waals surface area contributed by atoms with Gasteiger partial charge in [0.2, 0.25) is 0 Å². The first-order chi connectivity index (χ1) is 8.60. The summed E-state index contributed by atoms with van der Waals surface area (Å²) in [6.45, 7) is 1.62. The summed E-state index contributed by atoms with van der Waals surface area (Å²) in [4.78, 5) is 26.1. The summed E-state index contributed by atoms with van der Waals surface area (Å²) < 4.78 is 37.0. The second kappa shape index (κ2) is 4.09. The molecule has 1 aromatic heterocycles. The Kier molecular flexibility index (Phi) is 2.93. The Morgan fingerprint density at radius 3 is 2.42 bits per heavy atom. The largest absolute Gasteiger partial charge is 0.431 e. The number of alkyl halides is 3. The maximum atomic E-state index is 12.3. The average molecular weight is 276 g/mol. The van der Waals surface area contributed by atoms with Gasteiger partial charge in [-0.3, -0.25) is 9.59 Å². The Bertz CT molecular complexity index is 569. The van der Waals surface area contributed by atoms with Gasteiger partial charge in [-0.25, -0.2) is 0 Å². The number of rotatable bonds is 1. The number of hydrogen-bond donors (Lipinski definition) is 2. The van der Waals surface area contributed by atoms with Crippen molar-refractivity contribution in [1.82, 2.24) is 9.88 Å². The molecule has 19 heavy (non-hydrogen) atoms. The van der Waals surface area contributed by atoms with Crippen LogP contribution < -0.4 is 5.56 Å². The molecule has 0 spiro atoms. The summed E-state index contributed by atoms with van der Waals surface area (Å²) in [5.41, 5.74) is -3.67. The van der Waals surface area contributed by atoms with Gasteiger partial charge in [-0.05, 0) is 19.1 Å². The quantitative estimate of drug-likeness (QED) is 0.789. The van der Waals surface area contributed by atoms with E-state index in [0.29, 0.717) is 6.07 Å². The lowest BCUT2D eigenvalue weighted by molar-refractivity contribution is -0.141. The molecule has 0 radical (unpaired) electrons. The van der Waals surface area contributed by atoms with E-state index in [9.17, 15) is 27.9 Å².